The molecule has 4 rings (SSSR count). The van der Waals surface area contributed by atoms with Crippen LogP contribution in [0.25, 0.3) is 11.1 Å². The van der Waals surface area contributed by atoms with Crippen molar-refractivity contribution >= 4 is 23.9 Å². The van der Waals surface area contributed by atoms with Gasteiger partial charge in [0.05, 0.1) is 0 Å². The maximum absolute atomic E-state index is 12.3. The topological polar surface area (TPSA) is 138 Å². The van der Waals surface area contributed by atoms with Gasteiger partial charge in [-0.25, -0.2) is 9.59 Å². The van der Waals surface area contributed by atoms with E-state index in [2.05, 4.69) is 20.5 Å². The molecular weight excluding hydrogens is 414 g/mol. The molecule has 1 heterocycles. The second kappa shape index (κ2) is 8.50. The number of rotatable bonds is 6. The lowest BCUT2D eigenvalue weighted by Crippen LogP contribution is -2.40. The molecule has 3 aromatic rings. The molecular formula is C22H21N5O5. The van der Waals surface area contributed by atoms with E-state index in [0.29, 0.717) is 0 Å². The van der Waals surface area contributed by atoms with E-state index in [1.165, 1.54) is 14.0 Å². The molecule has 0 bridgehead atoms. The average Bonchev–Trinajstić information content (AvgIpc) is 3.38. The number of likely N-dealkylation sites (N-methyl/N-ethyl adjacent to an activating group) is 1. The first kappa shape index (κ1) is 21.0. The van der Waals surface area contributed by atoms with Gasteiger partial charge >= 0.3 is 12.1 Å². The number of hydrogen-bond acceptors (Lipinski definition) is 6. The highest BCUT2D eigenvalue weighted by atomic mass is 16.5. The molecule has 0 aliphatic heterocycles. The molecule has 0 fully saturated rings. The smallest absolute Gasteiger partial charge is 0.414 e. The fourth-order valence-electron chi connectivity index (χ4n) is 3.65. The van der Waals surface area contributed by atoms with E-state index in [4.69, 9.17) is 9.84 Å². The summed E-state index contributed by atoms with van der Waals surface area (Å²) in [4.78, 5) is 40.6. The third-order valence-corrected chi connectivity index (χ3v) is 5.50. The Morgan fingerprint density at radius 3 is 2.31 bits per heavy atom. The summed E-state index contributed by atoms with van der Waals surface area (Å²) in [5.74, 6) is -2.27. The van der Waals surface area contributed by atoms with Gasteiger partial charge in [-0.1, -0.05) is 48.5 Å². The Hall–Kier alpha value is -4.21. The zero-order chi connectivity index (χ0) is 22.8. The first-order chi connectivity index (χ1) is 15.4. The number of nitrogens with zero attached hydrogens (tertiary/aromatic N) is 3. The first-order valence-electron chi connectivity index (χ1n) is 9.91. The van der Waals surface area contributed by atoms with E-state index in [1.807, 2.05) is 48.5 Å². The molecule has 10 heteroatoms. The molecule has 0 radical (unpaired) electrons. The minimum atomic E-state index is -1.16. The maximum Gasteiger partial charge on any atom is 0.414 e. The molecule has 0 saturated heterocycles. The van der Waals surface area contributed by atoms with Crippen molar-refractivity contribution in [3.05, 3.63) is 65.5 Å². The van der Waals surface area contributed by atoms with Gasteiger partial charge in [0, 0.05) is 13.0 Å². The van der Waals surface area contributed by atoms with Crippen LogP contribution in [-0.2, 0) is 9.53 Å². The molecule has 1 aliphatic carbocycles. The van der Waals surface area contributed by atoms with E-state index in [1.54, 1.807) is 0 Å². The molecule has 10 nitrogen and oxygen atoms in total. The third kappa shape index (κ3) is 3.89. The number of carboxylic acids is 1. The van der Waals surface area contributed by atoms with Crippen LogP contribution in [0.5, 0.6) is 0 Å². The highest BCUT2D eigenvalue weighted by molar-refractivity contribution is 5.94. The number of anilines is 1. The predicted molar refractivity (Wildman–Crippen MR) is 114 cm³/mol. The number of fused-ring (bicyclic) bond motifs is 3. The normalized spacial score (nSPS) is 13.1. The zero-order valence-corrected chi connectivity index (χ0v) is 17.4. The van der Waals surface area contributed by atoms with E-state index in [9.17, 15) is 14.4 Å². The van der Waals surface area contributed by atoms with Crippen LogP contribution in [0.15, 0.2) is 48.5 Å². The summed E-state index contributed by atoms with van der Waals surface area (Å²) < 4.78 is 5.41. The molecule has 1 aromatic heterocycles. The highest BCUT2D eigenvalue weighted by Crippen LogP contribution is 2.44. The van der Waals surface area contributed by atoms with Crippen molar-refractivity contribution in [2.24, 2.45) is 0 Å². The summed E-state index contributed by atoms with van der Waals surface area (Å²) in [5.41, 5.74) is 4.41. The van der Waals surface area contributed by atoms with E-state index < -0.39 is 24.0 Å². The number of carboxylic acid groups (broad SMARTS) is 1. The number of aromatic nitrogens is 3. The molecule has 2 aromatic carbocycles. The summed E-state index contributed by atoms with van der Waals surface area (Å²) in [7, 11) is 1.34. The Labute approximate surface area is 183 Å². The minimum Gasteiger partial charge on any atom is -0.480 e. The van der Waals surface area contributed by atoms with Crippen LogP contribution in [0.4, 0.5) is 10.7 Å². The molecule has 164 valence electrons. The number of carbonyl (C=O) groups excluding carboxylic acids is 2. The summed E-state index contributed by atoms with van der Waals surface area (Å²) in [6.45, 7) is 1.49. The van der Waals surface area contributed by atoms with Gasteiger partial charge in [-0.3, -0.25) is 15.2 Å². The fraction of sp³-hybridized carbons (Fsp3) is 0.227. The van der Waals surface area contributed by atoms with E-state index in [0.717, 1.165) is 27.2 Å². The average molecular weight is 435 g/mol. The lowest BCUT2D eigenvalue weighted by Gasteiger charge is -2.19. The molecule has 1 atom stereocenters. The summed E-state index contributed by atoms with van der Waals surface area (Å²) in [6.07, 6.45) is -0.767. The van der Waals surface area contributed by atoms with E-state index in [-0.39, 0.29) is 24.3 Å². The number of H-pyrrole nitrogens is 1. The third-order valence-electron chi connectivity index (χ3n) is 5.50. The standard InChI is InChI=1S/C22H21N5O5/c1-12(20(29)30)27(2)19(28)18-23-21(26-25-18)24-22(31)32-11-17-15-9-5-3-7-13(15)14-8-4-6-10-16(14)17/h3-10,12,17H,11H2,1-2H3,(H,29,30)(H2,23,24,25,26,31)/t12-/m0/s1. The first-order valence-corrected chi connectivity index (χ1v) is 9.91. The molecule has 0 saturated carbocycles. The molecule has 0 spiro atoms. The molecule has 1 aliphatic rings. The monoisotopic (exact) mass is 435 g/mol. The number of ether oxygens (including phenoxy) is 1. The van der Waals surface area contributed by atoms with Crippen LogP contribution in [0.1, 0.15) is 34.6 Å². The Morgan fingerprint density at radius 2 is 1.72 bits per heavy atom. The van der Waals surface area contributed by atoms with Crippen molar-refractivity contribution < 1.29 is 24.2 Å². The van der Waals surface area contributed by atoms with Crippen molar-refractivity contribution in [2.75, 3.05) is 19.0 Å². The van der Waals surface area contributed by atoms with Crippen molar-refractivity contribution in [1.82, 2.24) is 20.1 Å². The van der Waals surface area contributed by atoms with E-state index >= 15 is 0 Å². The molecule has 2 amide bonds. The fourth-order valence-corrected chi connectivity index (χ4v) is 3.65. The summed E-state index contributed by atoms with van der Waals surface area (Å²) in [5, 5.41) is 17.6. The van der Waals surface area contributed by atoms with Gasteiger partial charge in [0.15, 0.2) is 0 Å². The SMILES string of the molecule is C[C@@H](C(=O)O)N(C)C(=O)c1nc(NC(=O)OCC2c3ccccc3-c3ccccc32)n[nH]1. The maximum atomic E-state index is 12.3. The number of benzene rings is 2. The number of hydrogen-bond donors (Lipinski definition) is 3. The Morgan fingerprint density at radius 1 is 1.12 bits per heavy atom. The van der Waals surface area contributed by atoms with Crippen molar-refractivity contribution in [3.8, 4) is 11.1 Å². The number of amides is 2. The Balaban J connectivity index is 1.40. The van der Waals surface area contributed by atoms with Crippen LogP contribution >= 0.6 is 0 Å². The highest BCUT2D eigenvalue weighted by Gasteiger charge is 2.29. The van der Waals surface area contributed by atoms with Gasteiger partial charge in [0.2, 0.25) is 5.82 Å². The van der Waals surface area contributed by atoms with Crippen LogP contribution in [0, 0.1) is 0 Å². The second-order valence-electron chi connectivity index (χ2n) is 7.39. The Kier molecular flexibility index (Phi) is 5.59. The van der Waals surface area contributed by atoms with Gasteiger partial charge < -0.3 is 14.7 Å². The Bertz CT molecular complexity index is 1150. The molecule has 32 heavy (non-hydrogen) atoms. The quantitative estimate of drug-likeness (QED) is 0.541. The zero-order valence-electron chi connectivity index (χ0n) is 17.4. The lowest BCUT2D eigenvalue weighted by atomic mass is 9.98. The largest absolute Gasteiger partial charge is 0.480 e. The van der Waals surface area contributed by atoms with Gasteiger partial charge in [0.1, 0.15) is 12.6 Å². The number of aliphatic carboxylic acids is 1. The van der Waals surface area contributed by atoms with Crippen molar-refractivity contribution in [1.29, 1.82) is 0 Å². The molecule has 0 unspecified atom stereocenters. The predicted octanol–water partition coefficient (Wildman–Crippen LogP) is 2.71. The minimum absolute atomic E-state index is 0.0939. The van der Waals surface area contributed by atoms with Crippen LogP contribution in [-0.4, -0.2) is 62.9 Å². The van der Waals surface area contributed by atoms with Crippen molar-refractivity contribution in [3.63, 3.8) is 0 Å². The van der Waals surface area contributed by atoms with Gasteiger partial charge in [0.25, 0.3) is 11.9 Å². The molecule has 3 N–H and O–H groups in total. The number of carbonyl (C=O) groups is 3. The lowest BCUT2D eigenvalue weighted by molar-refractivity contribution is -0.141. The van der Waals surface area contributed by atoms with Crippen LogP contribution in [0.2, 0.25) is 0 Å². The number of nitrogens with one attached hydrogen (secondary N) is 2. The van der Waals surface area contributed by atoms with Crippen LogP contribution in [0.3, 0.4) is 0 Å². The second-order valence-corrected chi connectivity index (χ2v) is 7.39. The summed E-state index contributed by atoms with van der Waals surface area (Å²) >= 11 is 0. The number of aromatic amines is 1. The van der Waals surface area contributed by atoms with Gasteiger partial charge in [-0.05, 0) is 29.2 Å². The van der Waals surface area contributed by atoms with Crippen molar-refractivity contribution in [2.45, 2.75) is 18.9 Å². The summed E-state index contributed by atoms with van der Waals surface area (Å²) in [6, 6.07) is 14.9. The van der Waals surface area contributed by atoms with Gasteiger partial charge in [-0.15, -0.1) is 5.10 Å². The van der Waals surface area contributed by atoms with Gasteiger partial charge in [-0.2, -0.15) is 4.98 Å². The van der Waals surface area contributed by atoms with Crippen LogP contribution < -0.4 is 5.32 Å².